The van der Waals surface area contributed by atoms with Gasteiger partial charge in [0.05, 0.1) is 12.7 Å². The largest absolute Gasteiger partial charge is 0.508 e. The number of benzene rings is 3. The number of methoxy groups -OCH3 is 1. The lowest BCUT2D eigenvalue weighted by Gasteiger charge is -2.38. The first-order valence-corrected chi connectivity index (χ1v) is 8.29. The predicted octanol–water partition coefficient (Wildman–Crippen LogP) is 4.17. The van der Waals surface area contributed by atoms with E-state index in [-0.39, 0.29) is 17.8 Å². The lowest BCUT2D eigenvalue weighted by Crippen LogP contribution is -2.43. The second kappa shape index (κ2) is 6.44. The average Bonchev–Trinajstić information content (AvgIpc) is 2.69. The molecule has 4 rings (SSSR count). The lowest BCUT2D eigenvalue weighted by atomic mass is 10.0. The maximum atomic E-state index is 13.2. The van der Waals surface area contributed by atoms with Crippen molar-refractivity contribution in [1.29, 1.82) is 0 Å². The number of nitrogens with one attached hydrogen (secondary N) is 1. The molecule has 1 aliphatic rings. The molecule has 1 amide bonds. The van der Waals surface area contributed by atoms with Crippen LogP contribution in [0.1, 0.15) is 22.1 Å². The molecule has 0 saturated heterocycles. The molecule has 0 unspecified atom stereocenters. The molecule has 0 saturated carbocycles. The van der Waals surface area contributed by atoms with Gasteiger partial charge in [-0.2, -0.15) is 0 Å². The fourth-order valence-electron chi connectivity index (χ4n) is 3.15. The van der Waals surface area contributed by atoms with Crippen LogP contribution in [0, 0.1) is 0 Å². The molecule has 0 aliphatic carbocycles. The molecule has 0 spiro atoms. The second-order valence-electron chi connectivity index (χ2n) is 6.06. The number of anilines is 2. The summed E-state index contributed by atoms with van der Waals surface area (Å²) in [7, 11) is 1.61. The van der Waals surface area contributed by atoms with Crippen molar-refractivity contribution in [3.8, 4) is 11.5 Å². The highest BCUT2D eigenvalue weighted by molar-refractivity contribution is 6.12. The second-order valence-corrected chi connectivity index (χ2v) is 6.06. The van der Waals surface area contributed by atoms with Crippen molar-refractivity contribution in [2.75, 3.05) is 17.3 Å². The monoisotopic (exact) mass is 346 g/mol. The molecular weight excluding hydrogens is 328 g/mol. The van der Waals surface area contributed by atoms with Crippen molar-refractivity contribution in [3.05, 3.63) is 83.9 Å². The van der Waals surface area contributed by atoms with E-state index in [1.165, 1.54) is 0 Å². The fraction of sp³-hybridized carbons (Fsp3) is 0.0952. The first-order chi connectivity index (χ1) is 12.7. The molecule has 0 aromatic heterocycles. The third kappa shape index (κ3) is 2.73. The minimum absolute atomic E-state index is 0.0809. The van der Waals surface area contributed by atoms with Crippen molar-refractivity contribution in [2.24, 2.45) is 0 Å². The van der Waals surface area contributed by atoms with Crippen LogP contribution >= 0.6 is 0 Å². The number of para-hydroxylation sites is 1. The van der Waals surface area contributed by atoms with Crippen LogP contribution in [0.5, 0.6) is 11.5 Å². The molecule has 0 bridgehead atoms. The van der Waals surface area contributed by atoms with Gasteiger partial charge in [-0.25, -0.2) is 0 Å². The topological polar surface area (TPSA) is 61.8 Å². The molecule has 26 heavy (non-hydrogen) atoms. The standard InChI is InChI=1S/C21H18N2O3/c1-26-17-12-8-15(9-13-17)23-20(14-6-10-16(24)11-7-14)22-19-5-3-2-4-18(19)21(23)25/h2-13,20,22,24H,1H3/t20-/m1/s1. The Labute approximate surface area is 151 Å². The molecule has 2 N–H and O–H groups in total. The van der Waals surface area contributed by atoms with Gasteiger partial charge in [0.15, 0.2) is 0 Å². The highest BCUT2D eigenvalue weighted by Crippen LogP contribution is 2.37. The average molecular weight is 346 g/mol. The van der Waals surface area contributed by atoms with E-state index in [4.69, 9.17) is 4.74 Å². The number of nitrogens with zero attached hydrogens (tertiary/aromatic N) is 1. The van der Waals surface area contributed by atoms with E-state index < -0.39 is 0 Å². The van der Waals surface area contributed by atoms with E-state index in [2.05, 4.69) is 5.32 Å². The Morgan fingerprint density at radius 1 is 0.962 bits per heavy atom. The zero-order chi connectivity index (χ0) is 18.1. The van der Waals surface area contributed by atoms with E-state index in [9.17, 15) is 9.90 Å². The van der Waals surface area contributed by atoms with Gasteiger partial charge < -0.3 is 15.2 Å². The molecule has 0 fully saturated rings. The van der Waals surface area contributed by atoms with Crippen LogP contribution in [0.25, 0.3) is 0 Å². The van der Waals surface area contributed by atoms with E-state index in [1.807, 2.05) is 60.7 Å². The Morgan fingerprint density at radius 3 is 2.35 bits per heavy atom. The fourth-order valence-corrected chi connectivity index (χ4v) is 3.15. The molecule has 1 aliphatic heterocycles. The normalized spacial score (nSPS) is 16.0. The molecule has 130 valence electrons. The van der Waals surface area contributed by atoms with Gasteiger partial charge >= 0.3 is 0 Å². The number of fused-ring (bicyclic) bond motifs is 1. The van der Waals surface area contributed by atoms with Crippen LogP contribution in [-0.4, -0.2) is 18.1 Å². The number of hydrogen-bond donors (Lipinski definition) is 2. The summed E-state index contributed by atoms with van der Waals surface area (Å²) in [5.41, 5.74) is 3.05. The van der Waals surface area contributed by atoms with Gasteiger partial charge in [0.2, 0.25) is 0 Å². The number of ether oxygens (including phenoxy) is 1. The maximum absolute atomic E-state index is 13.2. The summed E-state index contributed by atoms with van der Waals surface area (Å²) in [6, 6.07) is 21.7. The summed E-state index contributed by atoms with van der Waals surface area (Å²) in [5, 5.41) is 13.0. The summed E-state index contributed by atoms with van der Waals surface area (Å²) in [6.07, 6.45) is -0.383. The van der Waals surface area contributed by atoms with Crippen molar-refractivity contribution in [1.82, 2.24) is 0 Å². The van der Waals surface area contributed by atoms with Crippen molar-refractivity contribution < 1.29 is 14.6 Å². The highest BCUT2D eigenvalue weighted by atomic mass is 16.5. The zero-order valence-electron chi connectivity index (χ0n) is 14.2. The SMILES string of the molecule is COc1ccc(N2C(=O)c3ccccc3N[C@H]2c2ccc(O)cc2)cc1. The Kier molecular flexibility index (Phi) is 3.97. The third-order valence-electron chi connectivity index (χ3n) is 4.49. The molecule has 3 aromatic rings. The van der Waals surface area contributed by atoms with E-state index >= 15 is 0 Å². The van der Waals surface area contributed by atoms with Crippen molar-refractivity contribution in [3.63, 3.8) is 0 Å². The van der Waals surface area contributed by atoms with Crippen LogP contribution in [0.2, 0.25) is 0 Å². The van der Waals surface area contributed by atoms with Gasteiger partial charge in [0.1, 0.15) is 17.7 Å². The Hall–Kier alpha value is -3.47. The van der Waals surface area contributed by atoms with Crippen LogP contribution in [0.4, 0.5) is 11.4 Å². The van der Waals surface area contributed by atoms with Crippen LogP contribution in [0.15, 0.2) is 72.8 Å². The summed E-state index contributed by atoms with van der Waals surface area (Å²) in [5.74, 6) is 0.836. The zero-order valence-corrected chi connectivity index (χ0v) is 14.2. The number of phenolic OH excluding ortho intramolecular Hbond substituents is 1. The molecule has 5 nitrogen and oxygen atoms in total. The number of hydrogen-bond acceptors (Lipinski definition) is 4. The smallest absolute Gasteiger partial charge is 0.262 e. The number of aromatic hydroxyl groups is 1. The van der Waals surface area contributed by atoms with Gasteiger partial charge in [0, 0.05) is 11.4 Å². The number of amides is 1. The number of carbonyl (C=O) groups excluding carboxylic acids is 1. The summed E-state index contributed by atoms with van der Waals surface area (Å²) in [4.78, 5) is 14.9. The van der Waals surface area contributed by atoms with Crippen molar-refractivity contribution in [2.45, 2.75) is 6.17 Å². The van der Waals surface area contributed by atoms with E-state index in [0.29, 0.717) is 5.56 Å². The molecule has 1 atom stereocenters. The number of carbonyl (C=O) groups is 1. The Bertz CT molecular complexity index is 936. The van der Waals surface area contributed by atoms with Crippen LogP contribution < -0.4 is 15.0 Å². The summed E-state index contributed by atoms with van der Waals surface area (Å²) >= 11 is 0. The molecule has 3 aromatic carbocycles. The number of phenols is 1. The first kappa shape index (κ1) is 16.0. The molecule has 0 radical (unpaired) electrons. The van der Waals surface area contributed by atoms with Gasteiger partial charge in [-0.3, -0.25) is 9.69 Å². The van der Waals surface area contributed by atoms with Crippen LogP contribution in [0.3, 0.4) is 0 Å². The Balaban J connectivity index is 1.82. The van der Waals surface area contributed by atoms with Crippen LogP contribution in [-0.2, 0) is 0 Å². The molecule has 5 heteroatoms. The lowest BCUT2D eigenvalue weighted by molar-refractivity contribution is 0.0975. The Morgan fingerprint density at radius 2 is 1.65 bits per heavy atom. The first-order valence-electron chi connectivity index (χ1n) is 8.29. The summed E-state index contributed by atoms with van der Waals surface area (Å²) < 4.78 is 5.22. The molecular formula is C21H18N2O3. The minimum atomic E-state index is -0.383. The van der Waals surface area contributed by atoms with Gasteiger partial charge in [-0.15, -0.1) is 0 Å². The predicted molar refractivity (Wildman–Crippen MR) is 101 cm³/mol. The third-order valence-corrected chi connectivity index (χ3v) is 4.49. The van der Waals surface area contributed by atoms with Gasteiger partial charge in [-0.05, 0) is 54.1 Å². The molecule has 1 heterocycles. The van der Waals surface area contributed by atoms with E-state index in [0.717, 1.165) is 22.7 Å². The van der Waals surface area contributed by atoms with Gasteiger partial charge in [0.25, 0.3) is 5.91 Å². The minimum Gasteiger partial charge on any atom is -0.508 e. The van der Waals surface area contributed by atoms with Gasteiger partial charge in [-0.1, -0.05) is 24.3 Å². The maximum Gasteiger partial charge on any atom is 0.262 e. The number of rotatable bonds is 3. The highest BCUT2D eigenvalue weighted by Gasteiger charge is 2.33. The quantitative estimate of drug-likeness (QED) is 0.747. The van der Waals surface area contributed by atoms with E-state index in [1.54, 1.807) is 24.1 Å². The summed E-state index contributed by atoms with van der Waals surface area (Å²) in [6.45, 7) is 0. The van der Waals surface area contributed by atoms with Crippen molar-refractivity contribution >= 4 is 17.3 Å².